The molecule has 6 nitrogen and oxygen atoms in total. The molecule has 2 N–H and O–H groups in total. The molecule has 28 heavy (non-hydrogen) atoms. The molecule has 1 amide bonds. The summed E-state index contributed by atoms with van der Waals surface area (Å²) in [5.41, 5.74) is 1.46. The van der Waals surface area contributed by atoms with Crippen molar-refractivity contribution in [2.75, 3.05) is 13.1 Å². The molecule has 0 radical (unpaired) electrons. The van der Waals surface area contributed by atoms with Gasteiger partial charge in [0, 0.05) is 19.3 Å². The number of nitrogens with one attached hydrogen (secondary N) is 2. The summed E-state index contributed by atoms with van der Waals surface area (Å²) in [6.45, 7) is 2.41. The third kappa shape index (κ3) is 4.58. The van der Waals surface area contributed by atoms with Gasteiger partial charge in [0.2, 0.25) is 0 Å². The topological polar surface area (TPSA) is 68.2 Å². The van der Waals surface area contributed by atoms with Crippen LogP contribution in [0.5, 0.6) is 11.5 Å². The molecule has 1 aliphatic heterocycles. The molecule has 0 aliphatic carbocycles. The second-order valence-corrected chi connectivity index (χ2v) is 6.92. The van der Waals surface area contributed by atoms with Gasteiger partial charge in [-0.2, -0.15) is 5.10 Å². The Balaban J connectivity index is 1.30. The predicted molar refractivity (Wildman–Crippen MR) is 107 cm³/mol. The quantitative estimate of drug-likeness (QED) is 0.691. The van der Waals surface area contributed by atoms with Crippen molar-refractivity contribution in [3.05, 3.63) is 78.1 Å². The molecule has 1 aromatic heterocycles. The minimum absolute atomic E-state index is 0.160. The van der Waals surface area contributed by atoms with E-state index in [2.05, 4.69) is 15.7 Å². The van der Waals surface area contributed by atoms with Crippen molar-refractivity contribution in [3.8, 4) is 11.5 Å². The van der Waals surface area contributed by atoms with E-state index in [9.17, 15) is 4.79 Å². The summed E-state index contributed by atoms with van der Waals surface area (Å²) in [6, 6.07) is 19.5. The lowest BCUT2D eigenvalue weighted by molar-refractivity contribution is 0.0944. The highest BCUT2D eigenvalue weighted by Gasteiger charge is 2.17. The highest BCUT2D eigenvalue weighted by molar-refractivity contribution is 5.92. The van der Waals surface area contributed by atoms with Gasteiger partial charge in [-0.25, -0.2) is 0 Å². The van der Waals surface area contributed by atoms with E-state index < -0.39 is 0 Å². The number of rotatable bonds is 6. The molecule has 3 aromatic rings. The standard InChI is InChI=1S/C22H24N4O2/c27-22(21-12-14-26(25-21)18-5-4-13-23-16-18)24-15-17-8-10-20(11-9-17)28-19-6-2-1-3-7-19/h1-3,6-12,14,18,23H,4-5,13,15-16H2,(H,24,27). The van der Waals surface area contributed by atoms with Gasteiger partial charge in [0.25, 0.3) is 5.91 Å². The second-order valence-electron chi connectivity index (χ2n) is 6.92. The van der Waals surface area contributed by atoms with E-state index >= 15 is 0 Å². The molecule has 1 unspecified atom stereocenters. The van der Waals surface area contributed by atoms with E-state index in [1.807, 2.05) is 65.5 Å². The molecule has 0 spiro atoms. The first-order chi connectivity index (χ1) is 13.8. The largest absolute Gasteiger partial charge is 0.457 e. The first kappa shape index (κ1) is 18.3. The van der Waals surface area contributed by atoms with Crippen LogP contribution in [-0.2, 0) is 6.54 Å². The van der Waals surface area contributed by atoms with E-state index in [0.29, 0.717) is 18.3 Å². The van der Waals surface area contributed by atoms with Gasteiger partial charge in [0.15, 0.2) is 0 Å². The normalized spacial score (nSPS) is 16.5. The highest BCUT2D eigenvalue weighted by atomic mass is 16.5. The highest BCUT2D eigenvalue weighted by Crippen LogP contribution is 2.21. The summed E-state index contributed by atoms with van der Waals surface area (Å²) in [4.78, 5) is 12.4. The number of amides is 1. The van der Waals surface area contributed by atoms with Crippen LogP contribution in [0.3, 0.4) is 0 Å². The maximum atomic E-state index is 12.4. The van der Waals surface area contributed by atoms with Gasteiger partial charge in [-0.1, -0.05) is 30.3 Å². The lowest BCUT2D eigenvalue weighted by atomic mass is 10.1. The fraction of sp³-hybridized carbons (Fsp3) is 0.273. The molecule has 1 fully saturated rings. The van der Waals surface area contributed by atoms with E-state index in [1.54, 1.807) is 6.07 Å². The van der Waals surface area contributed by atoms with Crippen LogP contribution < -0.4 is 15.4 Å². The van der Waals surface area contributed by atoms with Crippen LogP contribution in [0.1, 0.15) is 34.9 Å². The molecule has 0 bridgehead atoms. The van der Waals surface area contributed by atoms with E-state index in [1.165, 1.54) is 0 Å². The summed E-state index contributed by atoms with van der Waals surface area (Å²) in [5.74, 6) is 1.40. The molecular weight excluding hydrogens is 352 g/mol. The molecule has 1 aliphatic rings. The minimum atomic E-state index is -0.160. The van der Waals surface area contributed by atoms with Gasteiger partial charge >= 0.3 is 0 Å². The molecule has 1 saturated heterocycles. The number of aromatic nitrogens is 2. The summed E-state index contributed by atoms with van der Waals surface area (Å²) >= 11 is 0. The number of nitrogens with zero attached hydrogens (tertiary/aromatic N) is 2. The zero-order valence-electron chi connectivity index (χ0n) is 15.7. The third-order valence-electron chi connectivity index (χ3n) is 4.84. The Morgan fingerprint density at radius 3 is 2.64 bits per heavy atom. The van der Waals surface area contributed by atoms with Gasteiger partial charge in [-0.05, 0) is 55.3 Å². The Labute approximate surface area is 164 Å². The minimum Gasteiger partial charge on any atom is -0.457 e. The second kappa shape index (κ2) is 8.71. The Kier molecular flexibility index (Phi) is 5.68. The molecule has 4 rings (SSSR count). The SMILES string of the molecule is O=C(NCc1ccc(Oc2ccccc2)cc1)c1ccn(C2CCCNC2)n1. The van der Waals surface area contributed by atoms with Crippen LogP contribution >= 0.6 is 0 Å². The summed E-state index contributed by atoms with van der Waals surface area (Å²) in [7, 11) is 0. The van der Waals surface area contributed by atoms with Crippen molar-refractivity contribution in [1.29, 1.82) is 0 Å². The molecular formula is C22H24N4O2. The van der Waals surface area contributed by atoms with Crippen LogP contribution in [-0.4, -0.2) is 28.8 Å². The third-order valence-corrected chi connectivity index (χ3v) is 4.84. The lowest BCUT2D eigenvalue weighted by Crippen LogP contribution is -2.32. The van der Waals surface area contributed by atoms with E-state index in [-0.39, 0.29) is 5.91 Å². The van der Waals surface area contributed by atoms with Crippen LogP contribution in [0.15, 0.2) is 66.9 Å². The summed E-state index contributed by atoms with van der Waals surface area (Å²) < 4.78 is 7.68. The Bertz CT molecular complexity index is 900. The summed E-state index contributed by atoms with van der Waals surface area (Å²) in [6.07, 6.45) is 4.12. The smallest absolute Gasteiger partial charge is 0.272 e. The van der Waals surface area contributed by atoms with Crippen molar-refractivity contribution in [1.82, 2.24) is 20.4 Å². The predicted octanol–water partition coefficient (Wildman–Crippen LogP) is 3.53. The zero-order valence-corrected chi connectivity index (χ0v) is 15.7. The van der Waals surface area contributed by atoms with Crippen molar-refractivity contribution in [2.45, 2.75) is 25.4 Å². The first-order valence-electron chi connectivity index (χ1n) is 9.64. The van der Waals surface area contributed by atoms with Crippen LogP contribution in [0.4, 0.5) is 0 Å². The zero-order chi connectivity index (χ0) is 19.2. The number of ether oxygens (including phenoxy) is 1. The van der Waals surface area contributed by atoms with Gasteiger partial charge in [0.1, 0.15) is 17.2 Å². The number of benzene rings is 2. The van der Waals surface area contributed by atoms with Crippen molar-refractivity contribution in [2.24, 2.45) is 0 Å². The number of hydrogen-bond donors (Lipinski definition) is 2. The van der Waals surface area contributed by atoms with Gasteiger partial charge in [0.05, 0.1) is 6.04 Å². The van der Waals surface area contributed by atoms with E-state index in [0.717, 1.165) is 43.0 Å². The van der Waals surface area contributed by atoms with Crippen LogP contribution in [0.25, 0.3) is 0 Å². The molecule has 0 saturated carbocycles. The first-order valence-corrected chi connectivity index (χ1v) is 9.64. The Morgan fingerprint density at radius 1 is 1.11 bits per heavy atom. The van der Waals surface area contributed by atoms with Crippen molar-refractivity contribution >= 4 is 5.91 Å². The Hall–Kier alpha value is -3.12. The molecule has 144 valence electrons. The summed E-state index contributed by atoms with van der Waals surface area (Å²) in [5, 5.41) is 10.7. The van der Waals surface area contributed by atoms with Crippen molar-refractivity contribution < 1.29 is 9.53 Å². The molecule has 1 atom stereocenters. The number of carbonyl (C=O) groups excluding carboxylic acids is 1. The van der Waals surface area contributed by atoms with E-state index in [4.69, 9.17) is 4.74 Å². The lowest BCUT2D eigenvalue weighted by Gasteiger charge is -2.22. The average molecular weight is 376 g/mol. The number of para-hydroxylation sites is 1. The molecule has 6 heteroatoms. The van der Waals surface area contributed by atoms with Gasteiger partial charge < -0.3 is 15.4 Å². The average Bonchev–Trinajstić information content (AvgIpc) is 3.25. The number of hydrogen-bond acceptors (Lipinski definition) is 4. The van der Waals surface area contributed by atoms with Crippen molar-refractivity contribution in [3.63, 3.8) is 0 Å². The van der Waals surface area contributed by atoms with Gasteiger partial charge in [-0.15, -0.1) is 0 Å². The fourth-order valence-corrected chi connectivity index (χ4v) is 3.29. The monoisotopic (exact) mass is 376 g/mol. The number of carbonyl (C=O) groups is 1. The van der Waals surface area contributed by atoms with Gasteiger partial charge in [-0.3, -0.25) is 9.48 Å². The molecule has 2 aromatic carbocycles. The number of piperidine rings is 1. The van der Waals surface area contributed by atoms with Crippen LogP contribution in [0.2, 0.25) is 0 Å². The maximum absolute atomic E-state index is 12.4. The Morgan fingerprint density at radius 2 is 1.89 bits per heavy atom. The maximum Gasteiger partial charge on any atom is 0.272 e. The molecule has 2 heterocycles. The van der Waals surface area contributed by atoms with Crippen LogP contribution in [0, 0.1) is 0 Å². The fourth-order valence-electron chi connectivity index (χ4n) is 3.29.